The van der Waals surface area contributed by atoms with E-state index < -0.39 is 0 Å². The van der Waals surface area contributed by atoms with Crippen LogP contribution in [0.3, 0.4) is 0 Å². The van der Waals surface area contributed by atoms with E-state index in [-0.39, 0.29) is 6.10 Å². The smallest absolute Gasteiger partial charge is 0.151 e. The lowest BCUT2D eigenvalue weighted by atomic mass is 10.1. The first-order valence-corrected chi connectivity index (χ1v) is 8.13. The van der Waals surface area contributed by atoms with Gasteiger partial charge in [-0.25, -0.2) is 0 Å². The quantitative estimate of drug-likeness (QED) is 0.761. The molecule has 1 unspecified atom stereocenters. The van der Waals surface area contributed by atoms with Crippen molar-refractivity contribution in [2.75, 3.05) is 20.2 Å². The third-order valence-corrected chi connectivity index (χ3v) is 4.14. The minimum atomic E-state index is -0.124. The number of hydrogen-bond donors (Lipinski definition) is 1. The summed E-state index contributed by atoms with van der Waals surface area (Å²) in [5.74, 6) is 0.672. The minimum Gasteiger partial charge on any atom is -0.369 e. The molecule has 0 fully saturated rings. The Morgan fingerprint density at radius 1 is 1.19 bits per heavy atom. The number of aromatic nitrogens is 2. The van der Waals surface area contributed by atoms with Gasteiger partial charge in [0.1, 0.15) is 11.1 Å². The molecule has 0 saturated heterocycles. The fraction of sp³-hybridized carbons (Fsp3) is 0.500. The van der Waals surface area contributed by atoms with E-state index in [1.165, 1.54) is 0 Å². The highest BCUT2D eigenvalue weighted by molar-refractivity contribution is 7.11. The number of rotatable bonds is 8. The Kier molecular flexibility index (Phi) is 6.29. The van der Waals surface area contributed by atoms with Gasteiger partial charge in [0.15, 0.2) is 5.01 Å². The van der Waals surface area contributed by atoms with Gasteiger partial charge < -0.3 is 10.1 Å². The van der Waals surface area contributed by atoms with E-state index in [4.69, 9.17) is 4.74 Å². The van der Waals surface area contributed by atoms with Crippen molar-refractivity contribution >= 4 is 11.3 Å². The molecule has 0 spiro atoms. The molecule has 2 aromatic rings. The van der Waals surface area contributed by atoms with Gasteiger partial charge in [0.05, 0.1) is 0 Å². The standard InChI is InChI=1S/C16H23N3OS/c1-12(2)11-17-10-9-14-18-19-16(21-14)15(20-3)13-7-5-4-6-8-13/h4-8,12,15,17H,9-11H2,1-3H3. The van der Waals surface area contributed by atoms with Crippen LogP contribution in [-0.2, 0) is 11.2 Å². The molecule has 2 rings (SSSR count). The third-order valence-electron chi connectivity index (χ3n) is 3.11. The van der Waals surface area contributed by atoms with E-state index in [2.05, 4.69) is 41.5 Å². The van der Waals surface area contributed by atoms with Gasteiger partial charge in [0.25, 0.3) is 0 Å². The zero-order valence-electron chi connectivity index (χ0n) is 12.9. The molecule has 0 radical (unpaired) electrons. The van der Waals surface area contributed by atoms with Gasteiger partial charge in [-0.05, 0) is 18.0 Å². The fourth-order valence-electron chi connectivity index (χ4n) is 2.07. The topological polar surface area (TPSA) is 47.0 Å². The zero-order valence-corrected chi connectivity index (χ0v) is 13.7. The van der Waals surface area contributed by atoms with E-state index in [1.54, 1.807) is 18.4 Å². The lowest BCUT2D eigenvalue weighted by Crippen LogP contribution is -2.22. The molecule has 114 valence electrons. The molecular weight excluding hydrogens is 282 g/mol. The van der Waals surface area contributed by atoms with Crippen molar-refractivity contribution in [3.05, 3.63) is 45.9 Å². The Morgan fingerprint density at radius 3 is 2.62 bits per heavy atom. The molecule has 0 amide bonds. The van der Waals surface area contributed by atoms with Crippen molar-refractivity contribution in [3.63, 3.8) is 0 Å². The van der Waals surface area contributed by atoms with Crippen molar-refractivity contribution in [1.29, 1.82) is 0 Å². The normalized spacial score (nSPS) is 12.8. The van der Waals surface area contributed by atoms with E-state index in [0.717, 1.165) is 35.1 Å². The van der Waals surface area contributed by atoms with Crippen LogP contribution >= 0.6 is 11.3 Å². The average Bonchev–Trinajstić information content (AvgIpc) is 2.94. The van der Waals surface area contributed by atoms with Crippen LogP contribution in [0.4, 0.5) is 0 Å². The maximum atomic E-state index is 5.59. The first kappa shape index (κ1) is 16.1. The Labute approximate surface area is 130 Å². The van der Waals surface area contributed by atoms with Gasteiger partial charge in [0.2, 0.25) is 0 Å². The second-order valence-electron chi connectivity index (χ2n) is 5.41. The monoisotopic (exact) mass is 305 g/mol. The van der Waals surface area contributed by atoms with Crippen molar-refractivity contribution in [3.8, 4) is 0 Å². The SMILES string of the molecule is COC(c1ccccc1)c1nnc(CCNCC(C)C)s1. The predicted octanol–water partition coefficient (Wildman–Crippen LogP) is 3.06. The van der Waals surface area contributed by atoms with Gasteiger partial charge in [0, 0.05) is 20.1 Å². The molecule has 0 aliphatic rings. The van der Waals surface area contributed by atoms with E-state index in [1.807, 2.05) is 18.2 Å². The Hall–Kier alpha value is -1.30. The molecule has 0 saturated carbocycles. The van der Waals surface area contributed by atoms with Crippen LogP contribution in [0.2, 0.25) is 0 Å². The van der Waals surface area contributed by atoms with Crippen LogP contribution in [0.5, 0.6) is 0 Å². The summed E-state index contributed by atoms with van der Waals surface area (Å²) in [5, 5.41) is 14.0. The molecule has 1 heterocycles. The Balaban J connectivity index is 1.95. The first-order valence-electron chi connectivity index (χ1n) is 7.31. The summed E-state index contributed by atoms with van der Waals surface area (Å²) in [7, 11) is 1.71. The number of nitrogens with one attached hydrogen (secondary N) is 1. The van der Waals surface area contributed by atoms with Gasteiger partial charge in [-0.15, -0.1) is 10.2 Å². The van der Waals surface area contributed by atoms with Crippen molar-refractivity contribution in [1.82, 2.24) is 15.5 Å². The molecule has 0 bridgehead atoms. The van der Waals surface area contributed by atoms with E-state index in [9.17, 15) is 0 Å². The molecule has 1 aromatic heterocycles. The fourth-order valence-corrected chi connectivity index (χ4v) is 3.02. The zero-order chi connectivity index (χ0) is 15.1. The van der Waals surface area contributed by atoms with Crippen LogP contribution in [0.25, 0.3) is 0 Å². The molecule has 1 atom stereocenters. The maximum Gasteiger partial charge on any atom is 0.151 e. The van der Waals surface area contributed by atoms with Gasteiger partial charge >= 0.3 is 0 Å². The van der Waals surface area contributed by atoms with Crippen LogP contribution in [0.1, 0.15) is 35.5 Å². The summed E-state index contributed by atoms with van der Waals surface area (Å²) in [5.41, 5.74) is 1.11. The van der Waals surface area contributed by atoms with Gasteiger partial charge in [-0.1, -0.05) is 55.5 Å². The molecule has 1 N–H and O–H groups in total. The van der Waals surface area contributed by atoms with E-state index in [0.29, 0.717) is 5.92 Å². The second-order valence-corrected chi connectivity index (χ2v) is 6.50. The predicted molar refractivity (Wildman–Crippen MR) is 86.6 cm³/mol. The highest BCUT2D eigenvalue weighted by atomic mass is 32.1. The summed E-state index contributed by atoms with van der Waals surface area (Å²) in [4.78, 5) is 0. The highest BCUT2D eigenvalue weighted by Crippen LogP contribution is 2.27. The van der Waals surface area contributed by atoms with Crippen LogP contribution in [-0.4, -0.2) is 30.4 Å². The maximum absolute atomic E-state index is 5.59. The lowest BCUT2D eigenvalue weighted by Gasteiger charge is -2.11. The summed E-state index contributed by atoms with van der Waals surface area (Å²) >= 11 is 1.63. The molecule has 1 aromatic carbocycles. The third kappa shape index (κ3) is 4.88. The first-order chi connectivity index (χ1) is 10.2. The van der Waals surface area contributed by atoms with Crippen LogP contribution < -0.4 is 5.32 Å². The van der Waals surface area contributed by atoms with Crippen LogP contribution in [0, 0.1) is 5.92 Å². The largest absolute Gasteiger partial charge is 0.369 e. The number of nitrogens with zero attached hydrogens (tertiary/aromatic N) is 2. The second kappa shape index (κ2) is 8.22. The Morgan fingerprint density at radius 2 is 1.95 bits per heavy atom. The summed E-state index contributed by atoms with van der Waals surface area (Å²) in [6, 6.07) is 10.1. The number of ether oxygens (including phenoxy) is 1. The molecule has 0 aliphatic carbocycles. The van der Waals surface area contributed by atoms with Crippen molar-refractivity contribution < 1.29 is 4.74 Å². The highest BCUT2D eigenvalue weighted by Gasteiger charge is 2.18. The van der Waals surface area contributed by atoms with Crippen molar-refractivity contribution in [2.45, 2.75) is 26.4 Å². The average molecular weight is 305 g/mol. The van der Waals surface area contributed by atoms with Crippen LogP contribution in [0.15, 0.2) is 30.3 Å². The molecular formula is C16H23N3OS. The summed E-state index contributed by atoms with van der Waals surface area (Å²) < 4.78 is 5.59. The number of benzene rings is 1. The number of methoxy groups -OCH3 is 1. The molecule has 4 nitrogen and oxygen atoms in total. The summed E-state index contributed by atoms with van der Waals surface area (Å²) in [6.45, 7) is 6.39. The molecule has 5 heteroatoms. The van der Waals surface area contributed by atoms with Crippen molar-refractivity contribution in [2.24, 2.45) is 5.92 Å². The minimum absolute atomic E-state index is 0.124. The lowest BCUT2D eigenvalue weighted by molar-refractivity contribution is 0.135. The Bertz CT molecular complexity index is 527. The number of hydrogen-bond acceptors (Lipinski definition) is 5. The molecule has 0 aliphatic heterocycles. The van der Waals surface area contributed by atoms with E-state index >= 15 is 0 Å². The van der Waals surface area contributed by atoms with Gasteiger partial charge in [-0.2, -0.15) is 0 Å². The molecule has 21 heavy (non-hydrogen) atoms. The van der Waals surface area contributed by atoms with Gasteiger partial charge in [-0.3, -0.25) is 0 Å². The summed E-state index contributed by atoms with van der Waals surface area (Å²) in [6.07, 6.45) is 0.788.